The highest BCUT2D eigenvalue weighted by molar-refractivity contribution is 6.15. The maximum absolute atomic E-state index is 7.01. The maximum atomic E-state index is 7.01. The third kappa shape index (κ3) is 5.41. The fraction of sp³-hybridized carbons (Fsp3) is 0.0492. The van der Waals surface area contributed by atoms with Crippen LogP contribution in [0.1, 0.15) is 25.0 Å². The highest BCUT2D eigenvalue weighted by Gasteiger charge is 2.35. The van der Waals surface area contributed by atoms with Crippen LogP contribution in [0, 0.1) is 0 Å². The molecule has 0 saturated heterocycles. The van der Waals surface area contributed by atoms with E-state index in [1.54, 1.807) is 0 Å². The summed E-state index contributed by atoms with van der Waals surface area (Å²) in [6.45, 7) is 4.71. The van der Waals surface area contributed by atoms with Crippen LogP contribution in [0.3, 0.4) is 0 Å². The van der Waals surface area contributed by atoms with Gasteiger partial charge in [-0.05, 0) is 111 Å². The van der Waals surface area contributed by atoms with Gasteiger partial charge in [0.2, 0.25) is 0 Å². The summed E-state index contributed by atoms with van der Waals surface area (Å²) in [5.74, 6) is 0. The van der Waals surface area contributed by atoms with E-state index in [0.29, 0.717) is 0 Å². The van der Waals surface area contributed by atoms with Crippen LogP contribution in [0.25, 0.3) is 93.6 Å². The fourth-order valence-electron chi connectivity index (χ4n) is 10.8. The largest absolute Gasteiger partial charge is 0.455 e. The Bertz CT molecular complexity index is 3790. The van der Waals surface area contributed by atoms with Crippen molar-refractivity contribution in [3.63, 3.8) is 0 Å². The van der Waals surface area contributed by atoms with Crippen molar-refractivity contribution in [2.45, 2.75) is 19.3 Å². The molecule has 1 aliphatic rings. The predicted molar refractivity (Wildman–Crippen MR) is 269 cm³/mol. The third-order valence-corrected chi connectivity index (χ3v) is 13.8. The van der Waals surface area contributed by atoms with Gasteiger partial charge in [0.05, 0.1) is 22.4 Å². The average Bonchev–Trinajstić information content (AvgIpc) is 3.97. The van der Waals surface area contributed by atoms with Gasteiger partial charge in [0.15, 0.2) is 0 Å². The van der Waals surface area contributed by atoms with Crippen molar-refractivity contribution < 1.29 is 4.42 Å². The highest BCUT2D eigenvalue weighted by Crippen LogP contribution is 2.51. The summed E-state index contributed by atoms with van der Waals surface area (Å²) >= 11 is 0. The number of hydrogen-bond acceptors (Lipinski definition) is 2. The monoisotopic (exact) mass is 818 g/mol. The lowest BCUT2D eigenvalue weighted by molar-refractivity contribution is 0.660. The average molecular weight is 819 g/mol. The van der Waals surface area contributed by atoms with Gasteiger partial charge >= 0.3 is 0 Å². The van der Waals surface area contributed by atoms with Crippen LogP contribution in [-0.2, 0) is 5.41 Å². The van der Waals surface area contributed by atoms with Gasteiger partial charge < -0.3 is 13.9 Å². The van der Waals surface area contributed by atoms with Crippen LogP contribution < -0.4 is 4.90 Å². The van der Waals surface area contributed by atoms with E-state index in [2.05, 4.69) is 242 Å². The number of rotatable bonds is 6. The van der Waals surface area contributed by atoms with Crippen LogP contribution in [0.2, 0.25) is 0 Å². The molecule has 0 saturated carbocycles. The maximum Gasteiger partial charge on any atom is 0.145 e. The van der Waals surface area contributed by atoms with E-state index in [1.165, 1.54) is 60.4 Å². The zero-order valence-corrected chi connectivity index (χ0v) is 35.6. The quantitative estimate of drug-likeness (QED) is 0.167. The first kappa shape index (κ1) is 36.5. The molecule has 0 radical (unpaired) electrons. The summed E-state index contributed by atoms with van der Waals surface area (Å²) in [5.41, 5.74) is 18.1. The lowest BCUT2D eigenvalue weighted by Gasteiger charge is -2.29. The van der Waals surface area contributed by atoms with Crippen molar-refractivity contribution in [2.24, 2.45) is 0 Å². The van der Waals surface area contributed by atoms with Crippen molar-refractivity contribution >= 4 is 71.6 Å². The number of benzene rings is 10. The second-order valence-corrected chi connectivity index (χ2v) is 17.7. The van der Waals surface area contributed by atoms with Gasteiger partial charge in [0.1, 0.15) is 11.2 Å². The Balaban J connectivity index is 1.07. The van der Waals surface area contributed by atoms with E-state index in [1.807, 2.05) is 0 Å². The second kappa shape index (κ2) is 13.9. The smallest absolute Gasteiger partial charge is 0.145 e. The van der Waals surface area contributed by atoms with E-state index in [0.717, 1.165) is 61.4 Å². The Hall–Kier alpha value is -8.14. The van der Waals surface area contributed by atoms with Gasteiger partial charge in [0, 0.05) is 49.3 Å². The molecule has 0 unspecified atom stereocenters. The van der Waals surface area contributed by atoms with E-state index < -0.39 is 0 Å². The lowest BCUT2D eigenvalue weighted by atomic mass is 9.81. The molecule has 1 aliphatic carbocycles. The van der Waals surface area contributed by atoms with Crippen molar-refractivity contribution in [3.8, 4) is 39.1 Å². The van der Waals surface area contributed by atoms with Gasteiger partial charge in [-0.1, -0.05) is 166 Å². The molecule has 0 aliphatic heterocycles. The standard InChI is InChI=1S/C61H42N2O/c1-61(2)52-27-9-5-23-46(52)47-33-32-41(38-53(47)61)40-18-13-20-43(36-40)63(54-30-15-17-39-16-3-4-22-45(39)54)57-35-34-51-50-26-8-12-31-58(50)64-60(51)59(57)42-19-14-21-44(37-42)62-55-28-10-6-24-48(55)49-25-7-11-29-56(49)62/h3-38H,1-2H3. The first-order valence-electron chi connectivity index (χ1n) is 22.2. The lowest BCUT2D eigenvalue weighted by Crippen LogP contribution is -2.15. The number of nitrogens with zero attached hydrogens (tertiary/aromatic N) is 2. The first-order chi connectivity index (χ1) is 31.5. The van der Waals surface area contributed by atoms with Gasteiger partial charge in [0.25, 0.3) is 0 Å². The van der Waals surface area contributed by atoms with Crippen LogP contribution in [0.15, 0.2) is 223 Å². The second-order valence-electron chi connectivity index (χ2n) is 17.7. The minimum absolute atomic E-state index is 0.0980. The molecular formula is C61H42N2O. The van der Waals surface area contributed by atoms with Crippen LogP contribution in [-0.4, -0.2) is 4.57 Å². The summed E-state index contributed by atoms with van der Waals surface area (Å²) in [6.07, 6.45) is 0. The number of anilines is 3. The molecule has 0 bridgehead atoms. The predicted octanol–water partition coefficient (Wildman–Crippen LogP) is 16.9. The fourth-order valence-corrected chi connectivity index (χ4v) is 10.8. The number of para-hydroxylation sites is 3. The molecule has 0 fully saturated rings. The van der Waals surface area contributed by atoms with Crippen molar-refractivity contribution in [3.05, 3.63) is 230 Å². The molecule has 302 valence electrons. The third-order valence-electron chi connectivity index (χ3n) is 13.8. The molecular weight excluding hydrogens is 777 g/mol. The SMILES string of the molecule is CC1(C)c2ccccc2-c2ccc(-c3cccc(N(c4ccc5c(oc6ccccc65)c4-c4cccc(-n5c6ccccc6c6ccccc65)c4)c4cccc5ccccc45)c3)cc21. The first-order valence-corrected chi connectivity index (χ1v) is 22.2. The Morgan fingerprint density at radius 1 is 0.422 bits per heavy atom. The molecule has 3 heteroatoms. The normalized spacial score (nSPS) is 13.0. The van der Waals surface area contributed by atoms with Crippen molar-refractivity contribution in [1.82, 2.24) is 4.57 Å². The minimum atomic E-state index is -0.0980. The summed E-state index contributed by atoms with van der Waals surface area (Å²) in [6, 6.07) is 79.7. The summed E-state index contributed by atoms with van der Waals surface area (Å²) in [7, 11) is 0. The number of fused-ring (bicyclic) bond motifs is 10. The molecule has 0 atom stereocenters. The summed E-state index contributed by atoms with van der Waals surface area (Å²) in [4.78, 5) is 2.45. The zero-order valence-electron chi connectivity index (χ0n) is 35.6. The highest BCUT2D eigenvalue weighted by atomic mass is 16.3. The van der Waals surface area contributed by atoms with Crippen LogP contribution in [0.4, 0.5) is 17.1 Å². The number of hydrogen-bond donors (Lipinski definition) is 0. The van der Waals surface area contributed by atoms with Crippen molar-refractivity contribution in [2.75, 3.05) is 4.90 Å². The van der Waals surface area contributed by atoms with Crippen LogP contribution >= 0.6 is 0 Å². The summed E-state index contributed by atoms with van der Waals surface area (Å²) in [5, 5.41) is 7.02. The van der Waals surface area contributed by atoms with Gasteiger partial charge in [-0.15, -0.1) is 0 Å². The van der Waals surface area contributed by atoms with Gasteiger partial charge in [-0.3, -0.25) is 0 Å². The Labute approximate surface area is 371 Å². The van der Waals surface area contributed by atoms with Gasteiger partial charge in [-0.25, -0.2) is 0 Å². The molecule has 3 nitrogen and oxygen atoms in total. The van der Waals surface area contributed by atoms with E-state index in [-0.39, 0.29) is 5.41 Å². The number of aromatic nitrogens is 1. The van der Waals surface area contributed by atoms with E-state index in [4.69, 9.17) is 4.42 Å². The zero-order chi connectivity index (χ0) is 42.5. The molecule has 2 aromatic heterocycles. The Kier molecular flexibility index (Phi) is 7.95. The van der Waals surface area contributed by atoms with Crippen molar-refractivity contribution in [1.29, 1.82) is 0 Å². The molecule has 0 spiro atoms. The molecule has 13 rings (SSSR count). The molecule has 12 aromatic rings. The van der Waals surface area contributed by atoms with Gasteiger partial charge in [-0.2, -0.15) is 0 Å². The summed E-state index contributed by atoms with van der Waals surface area (Å²) < 4.78 is 9.41. The Morgan fingerprint density at radius 3 is 1.91 bits per heavy atom. The Morgan fingerprint density at radius 2 is 1.06 bits per heavy atom. The molecule has 10 aromatic carbocycles. The van der Waals surface area contributed by atoms with E-state index >= 15 is 0 Å². The molecule has 64 heavy (non-hydrogen) atoms. The van der Waals surface area contributed by atoms with E-state index in [9.17, 15) is 0 Å². The topological polar surface area (TPSA) is 21.3 Å². The molecule has 0 N–H and O–H groups in total. The number of furan rings is 1. The van der Waals surface area contributed by atoms with Crippen LogP contribution in [0.5, 0.6) is 0 Å². The molecule has 0 amide bonds. The minimum Gasteiger partial charge on any atom is -0.455 e. The molecule has 2 heterocycles.